The first kappa shape index (κ1) is 13.9. The molecule has 2 aromatic rings. The fraction of sp³-hybridized carbons (Fsp3) is 0.200. The predicted octanol–water partition coefficient (Wildman–Crippen LogP) is 4.09. The van der Waals surface area contributed by atoms with Crippen molar-refractivity contribution in [2.45, 2.75) is 12.2 Å². The van der Waals surface area contributed by atoms with Gasteiger partial charge in [-0.15, -0.1) is 0 Å². The van der Waals surface area contributed by atoms with Crippen molar-refractivity contribution in [3.63, 3.8) is 0 Å². The summed E-state index contributed by atoms with van der Waals surface area (Å²) in [5.74, 6) is 1.37. The van der Waals surface area contributed by atoms with E-state index in [0.29, 0.717) is 18.1 Å². The SMILES string of the molecule is OC(c1cc(Br)ccc1Br)C1COc2ccccc2O1. The number of hydrogen-bond acceptors (Lipinski definition) is 3. The molecule has 0 amide bonds. The van der Waals surface area contributed by atoms with E-state index in [0.717, 1.165) is 14.5 Å². The van der Waals surface area contributed by atoms with Crippen molar-refractivity contribution in [2.75, 3.05) is 6.61 Å². The number of rotatable bonds is 2. The molecule has 0 fully saturated rings. The largest absolute Gasteiger partial charge is 0.486 e. The number of benzene rings is 2. The number of aliphatic hydroxyl groups is 1. The molecule has 1 aliphatic heterocycles. The van der Waals surface area contributed by atoms with E-state index in [1.165, 1.54) is 0 Å². The number of hydrogen-bond donors (Lipinski definition) is 1. The molecule has 0 bridgehead atoms. The predicted molar refractivity (Wildman–Crippen MR) is 83.2 cm³/mol. The van der Waals surface area contributed by atoms with Crippen molar-refractivity contribution in [3.05, 3.63) is 57.0 Å². The molecule has 2 unspecified atom stereocenters. The maximum Gasteiger partial charge on any atom is 0.163 e. The average Bonchev–Trinajstić information content (AvgIpc) is 2.48. The second kappa shape index (κ2) is 5.76. The molecule has 1 heterocycles. The van der Waals surface area contributed by atoms with Crippen LogP contribution >= 0.6 is 31.9 Å². The molecule has 0 spiro atoms. The Hall–Kier alpha value is -1.04. The van der Waals surface area contributed by atoms with Crippen molar-refractivity contribution < 1.29 is 14.6 Å². The van der Waals surface area contributed by atoms with Crippen molar-refractivity contribution in [1.82, 2.24) is 0 Å². The second-order valence-electron chi connectivity index (χ2n) is 4.52. The molecule has 1 aliphatic rings. The zero-order valence-electron chi connectivity index (χ0n) is 10.4. The zero-order valence-corrected chi connectivity index (χ0v) is 13.6. The Morgan fingerprint density at radius 3 is 2.65 bits per heavy atom. The maximum atomic E-state index is 10.5. The standard InChI is InChI=1S/C15H12Br2O3/c16-9-5-6-11(17)10(7-9)15(18)14-8-19-12-3-1-2-4-13(12)20-14/h1-7,14-15,18H,8H2. The molecule has 2 atom stereocenters. The van der Waals surface area contributed by atoms with Gasteiger partial charge in [0.15, 0.2) is 17.6 Å². The van der Waals surface area contributed by atoms with E-state index in [2.05, 4.69) is 31.9 Å². The molecular formula is C15H12Br2O3. The van der Waals surface area contributed by atoms with Gasteiger partial charge in [-0.1, -0.05) is 44.0 Å². The topological polar surface area (TPSA) is 38.7 Å². The molecule has 1 N–H and O–H groups in total. The van der Waals surface area contributed by atoms with Crippen molar-refractivity contribution in [3.8, 4) is 11.5 Å². The summed E-state index contributed by atoms with van der Waals surface area (Å²) < 4.78 is 13.2. The molecule has 20 heavy (non-hydrogen) atoms. The van der Waals surface area contributed by atoms with Crippen molar-refractivity contribution in [1.29, 1.82) is 0 Å². The fourth-order valence-corrected chi connectivity index (χ4v) is 2.99. The van der Waals surface area contributed by atoms with E-state index in [1.54, 1.807) is 0 Å². The Labute approximate surface area is 133 Å². The van der Waals surface area contributed by atoms with Crippen LogP contribution in [-0.4, -0.2) is 17.8 Å². The monoisotopic (exact) mass is 398 g/mol. The van der Waals surface area contributed by atoms with Crippen molar-refractivity contribution >= 4 is 31.9 Å². The summed E-state index contributed by atoms with van der Waals surface area (Å²) in [5.41, 5.74) is 0.771. The van der Waals surface area contributed by atoms with Crippen LogP contribution < -0.4 is 9.47 Å². The summed E-state index contributed by atoms with van der Waals surface area (Å²) in [6.45, 7) is 0.317. The maximum absolute atomic E-state index is 10.5. The second-order valence-corrected chi connectivity index (χ2v) is 6.29. The molecule has 3 rings (SSSR count). The summed E-state index contributed by atoms with van der Waals surface area (Å²) in [6.07, 6.45) is -1.20. The molecule has 0 radical (unpaired) electrons. The third-order valence-electron chi connectivity index (χ3n) is 3.16. The summed E-state index contributed by atoms with van der Waals surface area (Å²) in [7, 11) is 0. The number of halogens is 2. The zero-order chi connectivity index (χ0) is 14.1. The van der Waals surface area contributed by atoms with E-state index < -0.39 is 12.2 Å². The Kier molecular flexibility index (Phi) is 4.01. The summed E-state index contributed by atoms with van der Waals surface area (Å²) >= 11 is 6.86. The van der Waals surface area contributed by atoms with Gasteiger partial charge in [0, 0.05) is 8.95 Å². The van der Waals surface area contributed by atoms with Gasteiger partial charge >= 0.3 is 0 Å². The van der Waals surface area contributed by atoms with E-state index in [9.17, 15) is 5.11 Å². The lowest BCUT2D eigenvalue weighted by atomic mass is 10.0. The summed E-state index contributed by atoms with van der Waals surface area (Å²) in [6, 6.07) is 13.1. The highest BCUT2D eigenvalue weighted by Crippen LogP contribution is 2.36. The van der Waals surface area contributed by atoms with Crippen LogP contribution in [0.25, 0.3) is 0 Å². The first-order valence-electron chi connectivity index (χ1n) is 6.16. The van der Waals surface area contributed by atoms with Gasteiger partial charge in [0.1, 0.15) is 12.7 Å². The lowest BCUT2D eigenvalue weighted by Gasteiger charge is -2.30. The third-order valence-corrected chi connectivity index (χ3v) is 4.37. The third kappa shape index (κ3) is 2.71. The first-order valence-corrected chi connectivity index (χ1v) is 7.75. The smallest absolute Gasteiger partial charge is 0.163 e. The minimum atomic E-state index is -0.768. The van der Waals surface area contributed by atoms with E-state index >= 15 is 0 Å². The van der Waals surface area contributed by atoms with Crippen LogP contribution in [0.3, 0.4) is 0 Å². The number of para-hydroxylation sites is 2. The fourth-order valence-electron chi connectivity index (χ4n) is 2.13. The molecule has 0 saturated carbocycles. The molecule has 3 nitrogen and oxygen atoms in total. The highest BCUT2D eigenvalue weighted by molar-refractivity contribution is 9.11. The average molecular weight is 400 g/mol. The van der Waals surface area contributed by atoms with E-state index in [1.807, 2.05) is 42.5 Å². The molecule has 0 saturated heterocycles. The molecular weight excluding hydrogens is 388 g/mol. The summed E-state index contributed by atoms with van der Waals surface area (Å²) in [5, 5.41) is 10.5. The lowest BCUT2D eigenvalue weighted by molar-refractivity contribution is -0.0116. The Bertz CT molecular complexity index is 630. The summed E-state index contributed by atoms with van der Waals surface area (Å²) in [4.78, 5) is 0. The van der Waals surface area contributed by atoms with E-state index in [-0.39, 0.29) is 0 Å². The van der Waals surface area contributed by atoms with Gasteiger partial charge in [-0.25, -0.2) is 0 Å². The van der Waals surface area contributed by atoms with Gasteiger partial charge in [-0.05, 0) is 35.9 Å². The van der Waals surface area contributed by atoms with Crippen molar-refractivity contribution in [2.24, 2.45) is 0 Å². The molecule has 104 valence electrons. The van der Waals surface area contributed by atoms with Crippen LogP contribution in [0, 0.1) is 0 Å². The molecule has 2 aromatic carbocycles. The van der Waals surface area contributed by atoms with E-state index in [4.69, 9.17) is 9.47 Å². The first-order chi connectivity index (χ1) is 9.65. The normalized spacial score (nSPS) is 18.6. The van der Waals surface area contributed by atoms with Gasteiger partial charge in [0.05, 0.1) is 0 Å². The molecule has 0 aliphatic carbocycles. The van der Waals surface area contributed by atoms with Gasteiger partial charge in [-0.2, -0.15) is 0 Å². The van der Waals surface area contributed by atoms with Crippen LogP contribution in [0.1, 0.15) is 11.7 Å². The Balaban J connectivity index is 1.85. The van der Waals surface area contributed by atoms with Gasteiger partial charge in [0.25, 0.3) is 0 Å². The Morgan fingerprint density at radius 2 is 1.85 bits per heavy atom. The molecule has 5 heteroatoms. The van der Waals surface area contributed by atoms with Gasteiger partial charge in [-0.3, -0.25) is 0 Å². The van der Waals surface area contributed by atoms with Crippen LogP contribution in [0.15, 0.2) is 51.4 Å². The minimum Gasteiger partial charge on any atom is -0.486 e. The van der Waals surface area contributed by atoms with Gasteiger partial charge < -0.3 is 14.6 Å². The molecule has 0 aromatic heterocycles. The highest BCUT2D eigenvalue weighted by atomic mass is 79.9. The number of ether oxygens (including phenoxy) is 2. The Morgan fingerprint density at radius 1 is 1.10 bits per heavy atom. The van der Waals surface area contributed by atoms with Crippen LogP contribution in [0.4, 0.5) is 0 Å². The van der Waals surface area contributed by atoms with Crippen LogP contribution in [-0.2, 0) is 0 Å². The van der Waals surface area contributed by atoms with Crippen LogP contribution in [0.5, 0.6) is 11.5 Å². The number of aliphatic hydroxyl groups excluding tert-OH is 1. The van der Waals surface area contributed by atoms with Crippen LogP contribution in [0.2, 0.25) is 0 Å². The quantitative estimate of drug-likeness (QED) is 0.826. The highest BCUT2D eigenvalue weighted by Gasteiger charge is 2.29. The van der Waals surface area contributed by atoms with Gasteiger partial charge in [0.2, 0.25) is 0 Å². The lowest BCUT2D eigenvalue weighted by Crippen LogP contribution is -2.35. The number of fused-ring (bicyclic) bond motifs is 1. The minimum absolute atomic E-state index is 0.317.